The first-order chi connectivity index (χ1) is 40.5. The highest BCUT2D eigenvalue weighted by Crippen LogP contribution is 2.13. The van der Waals surface area contributed by atoms with Gasteiger partial charge in [0.25, 0.3) is 0 Å². The van der Waals surface area contributed by atoms with E-state index in [0.717, 1.165) is 180 Å². The molecule has 6 nitrogen and oxygen atoms in total. The van der Waals surface area contributed by atoms with Crippen molar-refractivity contribution in [2.24, 2.45) is 0 Å². The smallest absolute Gasteiger partial charge is 0.306 e. The molecule has 0 aromatic heterocycles. The summed E-state index contributed by atoms with van der Waals surface area (Å²) in [5, 5.41) is 0. The van der Waals surface area contributed by atoms with E-state index >= 15 is 0 Å². The first kappa shape index (κ1) is 76.5. The van der Waals surface area contributed by atoms with Gasteiger partial charge in [0.15, 0.2) is 6.10 Å². The number of esters is 3. The average molecular weight is 1130 g/mol. The Morgan fingerprint density at radius 1 is 0.256 bits per heavy atom. The van der Waals surface area contributed by atoms with Crippen LogP contribution in [0.15, 0.2) is 182 Å². The summed E-state index contributed by atoms with van der Waals surface area (Å²) in [6.07, 6.45) is 102. The van der Waals surface area contributed by atoms with Gasteiger partial charge in [0.05, 0.1) is 0 Å². The van der Waals surface area contributed by atoms with Crippen molar-refractivity contribution in [1.82, 2.24) is 0 Å². The normalized spacial score (nSPS) is 13.4. The summed E-state index contributed by atoms with van der Waals surface area (Å²) in [4.78, 5) is 38.3. The van der Waals surface area contributed by atoms with Crippen LogP contribution < -0.4 is 0 Å². The van der Waals surface area contributed by atoms with E-state index in [-0.39, 0.29) is 31.1 Å². The number of carbonyl (C=O) groups is 3. The van der Waals surface area contributed by atoms with Gasteiger partial charge in [-0.1, -0.05) is 261 Å². The quantitative estimate of drug-likeness (QED) is 0.0261. The van der Waals surface area contributed by atoms with Gasteiger partial charge in [0, 0.05) is 19.3 Å². The Labute approximate surface area is 504 Å². The standard InChI is InChI=1S/C76H118O6/c1-4-7-10-13-16-19-22-25-28-30-31-32-33-34-35-36-37-38-39-40-41-42-43-44-45-46-49-51-54-57-60-63-66-69-75(78)81-72-73(71-80-74(77)68-65-62-59-56-53-50-47-27-24-21-18-15-12-9-6-3)82-76(79)70-67-64-61-58-55-52-48-29-26-23-20-17-14-11-8-5-2/h7,9-10,12,16,18-21,23,25,27-29,31-32,34-35,37-38,40-41,43-44,46-49,53,56,73H,4-6,8,11,13-15,17,22,24,26,30,33,36,39,42,45,50-52,54-55,57-72H2,1-3H3/b10-7-,12-9-,19-16-,21-18-,23-20-,28-25-,32-31-,35-34-,38-37-,41-40-,44-43-,47-27-,48-29-,49-46-,56-53-. The maximum atomic E-state index is 12.9. The summed E-state index contributed by atoms with van der Waals surface area (Å²) in [7, 11) is 0. The summed E-state index contributed by atoms with van der Waals surface area (Å²) < 4.78 is 16.8. The Hall–Kier alpha value is -5.49. The summed E-state index contributed by atoms with van der Waals surface area (Å²) in [6, 6.07) is 0. The minimum atomic E-state index is -0.822. The molecule has 82 heavy (non-hydrogen) atoms. The van der Waals surface area contributed by atoms with Crippen LogP contribution in [-0.4, -0.2) is 37.2 Å². The third-order valence-corrected chi connectivity index (χ3v) is 13.1. The van der Waals surface area contributed by atoms with E-state index in [1.54, 1.807) is 0 Å². The maximum Gasteiger partial charge on any atom is 0.306 e. The molecule has 1 atom stereocenters. The molecule has 0 spiro atoms. The van der Waals surface area contributed by atoms with E-state index < -0.39 is 6.10 Å². The number of unbranched alkanes of at least 4 members (excludes halogenated alkanes) is 16. The molecular formula is C76H118O6. The summed E-state index contributed by atoms with van der Waals surface area (Å²) in [5.74, 6) is -0.996. The average Bonchev–Trinajstić information content (AvgIpc) is 3.47. The molecule has 0 amide bonds. The van der Waals surface area contributed by atoms with Crippen LogP contribution in [0, 0.1) is 0 Å². The van der Waals surface area contributed by atoms with E-state index in [9.17, 15) is 14.4 Å². The van der Waals surface area contributed by atoms with Crippen molar-refractivity contribution in [2.45, 2.75) is 264 Å². The van der Waals surface area contributed by atoms with Crippen molar-refractivity contribution >= 4 is 17.9 Å². The maximum absolute atomic E-state index is 12.9. The third-order valence-electron chi connectivity index (χ3n) is 13.1. The van der Waals surface area contributed by atoms with Gasteiger partial charge < -0.3 is 14.2 Å². The number of rotatable bonds is 57. The molecule has 0 aliphatic rings. The molecule has 0 aromatic rings. The monoisotopic (exact) mass is 1130 g/mol. The summed E-state index contributed by atoms with van der Waals surface area (Å²) in [6.45, 7) is 6.32. The SMILES string of the molecule is CC/C=C\C/C=C\C/C=C\C/C=C\C/C=C\C/C=C\C/C=C\C/C=C\C/C=C\CCCCCCCC(=O)OCC(COC(=O)CCCC/C=C\C/C=C\C/C=C\C/C=C\CC)OC(=O)CCCCCCC/C=C\C/C=C\CCCCCC. The Kier molecular flexibility index (Phi) is 63.5. The molecule has 6 heteroatoms. The van der Waals surface area contributed by atoms with Gasteiger partial charge in [-0.15, -0.1) is 0 Å². The molecule has 0 saturated carbocycles. The van der Waals surface area contributed by atoms with E-state index in [4.69, 9.17) is 14.2 Å². The van der Waals surface area contributed by atoms with Crippen molar-refractivity contribution in [3.8, 4) is 0 Å². The zero-order chi connectivity index (χ0) is 59.2. The van der Waals surface area contributed by atoms with Crippen LogP contribution in [0.3, 0.4) is 0 Å². The molecule has 458 valence electrons. The number of hydrogen-bond donors (Lipinski definition) is 0. The molecule has 1 unspecified atom stereocenters. The Morgan fingerprint density at radius 2 is 0.476 bits per heavy atom. The fourth-order valence-corrected chi connectivity index (χ4v) is 8.28. The van der Waals surface area contributed by atoms with Gasteiger partial charge in [0.2, 0.25) is 0 Å². The Morgan fingerprint density at radius 3 is 0.768 bits per heavy atom. The number of hydrogen-bond acceptors (Lipinski definition) is 6. The number of ether oxygens (including phenoxy) is 3. The van der Waals surface area contributed by atoms with Gasteiger partial charge in [-0.2, -0.15) is 0 Å². The first-order valence-corrected chi connectivity index (χ1v) is 32.8. The van der Waals surface area contributed by atoms with Crippen molar-refractivity contribution in [2.75, 3.05) is 13.2 Å². The largest absolute Gasteiger partial charge is 0.462 e. The Balaban J connectivity index is 4.42. The lowest BCUT2D eigenvalue weighted by Crippen LogP contribution is -2.30. The molecule has 0 heterocycles. The van der Waals surface area contributed by atoms with Crippen LogP contribution in [-0.2, 0) is 28.6 Å². The van der Waals surface area contributed by atoms with Crippen LogP contribution in [0.25, 0.3) is 0 Å². The molecule has 0 aliphatic heterocycles. The van der Waals surface area contributed by atoms with Crippen molar-refractivity contribution < 1.29 is 28.6 Å². The van der Waals surface area contributed by atoms with Gasteiger partial charge in [-0.25, -0.2) is 0 Å². The summed E-state index contributed by atoms with van der Waals surface area (Å²) >= 11 is 0. The zero-order valence-corrected chi connectivity index (χ0v) is 52.4. The fraction of sp³-hybridized carbons (Fsp3) is 0.566. The minimum Gasteiger partial charge on any atom is -0.462 e. The highest BCUT2D eigenvalue weighted by Gasteiger charge is 2.19. The second-order valence-corrected chi connectivity index (χ2v) is 20.9. The van der Waals surface area contributed by atoms with E-state index in [1.165, 1.54) is 32.1 Å². The van der Waals surface area contributed by atoms with E-state index in [1.807, 2.05) is 0 Å². The highest BCUT2D eigenvalue weighted by molar-refractivity contribution is 5.71. The first-order valence-electron chi connectivity index (χ1n) is 32.8. The lowest BCUT2D eigenvalue weighted by Gasteiger charge is -2.18. The van der Waals surface area contributed by atoms with Crippen LogP contribution >= 0.6 is 0 Å². The third kappa shape index (κ3) is 65.3. The van der Waals surface area contributed by atoms with Gasteiger partial charge in [0.1, 0.15) is 13.2 Å². The van der Waals surface area contributed by atoms with Crippen molar-refractivity contribution in [1.29, 1.82) is 0 Å². The fourth-order valence-electron chi connectivity index (χ4n) is 8.28. The molecule has 0 rings (SSSR count). The highest BCUT2D eigenvalue weighted by atomic mass is 16.6. The molecule has 0 N–H and O–H groups in total. The molecule has 0 bridgehead atoms. The van der Waals surface area contributed by atoms with Gasteiger partial charge >= 0.3 is 17.9 Å². The second-order valence-electron chi connectivity index (χ2n) is 20.9. The van der Waals surface area contributed by atoms with Crippen LogP contribution in [0.4, 0.5) is 0 Å². The Bertz CT molecular complexity index is 1920. The molecule has 0 saturated heterocycles. The predicted molar refractivity (Wildman–Crippen MR) is 357 cm³/mol. The second kappa shape index (κ2) is 68.0. The summed E-state index contributed by atoms with van der Waals surface area (Å²) in [5.41, 5.74) is 0. The van der Waals surface area contributed by atoms with E-state index in [0.29, 0.717) is 25.7 Å². The van der Waals surface area contributed by atoms with Gasteiger partial charge in [-0.3, -0.25) is 14.4 Å². The topological polar surface area (TPSA) is 78.9 Å². The predicted octanol–water partition coefficient (Wildman–Crippen LogP) is 22.8. The molecule has 0 fully saturated rings. The molecule has 0 aromatic carbocycles. The molecule has 0 aliphatic carbocycles. The molecule has 0 radical (unpaired) electrons. The molecular weight excluding hydrogens is 1010 g/mol. The number of carbonyl (C=O) groups excluding carboxylic acids is 3. The van der Waals surface area contributed by atoms with Crippen LogP contribution in [0.2, 0.25) is 0 Å². The van der Waals surface area contributed by atoms with Crippen LogP contribution in [0.1, 0.15) is 258 Å². The van der Waals surface area contributed by atoms with Crippen molar-refractivity contribution in [3.05, 3.63) is 182 Å². The lowest BCUT2D eigenvalue weighted by atomic mass is 10.1. The van der Waals surface area contributed by atoms with Gasteiger partial charge in [-0.05, 0) is 161 Å². The van der Waals surface area contributed by atoms with E-state index in [2.05, 4.69) is 203 Å². The number of allylic oxidation sites excluding steroid dienone is 30. The van der Waals surface area contributed by atoms with Crippen molar-refractivity contribution in [3.63, 3.8) is 0 Å². The lowest BCUT2D eigenvalue weighted by molar-refractivity contribution is -0.167. The van der Waals surface area contributed by atoms with Crippen LogP contribution in [0.5, 0.6) is 0 Å². The zero-order valence-electron chi connectivity index (χ0n) is 52.4. The minimum absolute atomic E-state index is 0.116.